The van der Waals surface area contributed by atoms with E-state index in [1.54, 1.807) is 6.07 Å². The summed E-state index contributed by atoms with van der Waals surface area (Å²) in [6.07, 6.45) is 1.39. The lowest BCUT2D eigenvalue weighted by Gasteiger charge is -2.01. The minimum atomic E-state index is 0.108. The topological polar surface area (TPSA) is 56.9 Å². The van der Waals surface area contributed by atoms with Gasteiger partial charge in [0.1, 0.15) is 17.0 Å². The summed E-state index contributed by atoms with van der Waals surface area (Å²) in [5, 5.41) is 19.7. The molecule has 0 aliphatic rings. The maximum atomic E-state index is 9.27. The van der Waals surface area contributed by atoms with Gasteiger partial charge in [0.05, 0.1) is 5.56 Å². The van der Waals surface area contributed by atoms with Crippen molar-refractivity contribution in [2.75, 3.05) is 0 Å². The first kappa shape index (κ1) is 8.79. The number of hydrogen-bond acceptors (Lipinski definition) is 3. The summed E-state index contributed by atoms with van der Waals surface area (Å²) in [6.45, 7) is 0. The highest BCUT2D eigenvalue weighted by atomic mass is 35.5. The van der Waals surface area contributed by atoms with Crippen molar-refractivity contribution in [3.8, 4) is 11.8 Å². The van der Waals surface area contributed by atoms with Crippen molar-refractivity contribution in [2.45, 2.75) is 0 Å². The first-order valence-corrected chi connectivity index (χ1v) is 4.27. The van der Waals surface area contributed by atoms with Gasteiger partial charge in [0.25, 0.3) is 0 Å². The Hall–Kier alpha value is -1.79. The second-order valence-corrected chi connectivity index (χ2v) is 3.16. The minimum absolute atomic E-state index is 0.108. The summed E-state index contributed by atoms with van der Waals surface area (Å²) >= 11 is 5.84. The molecule has 3 nitrogen and oxygen atoms in total. The van der Waals surface area contributed by atoms with Gasteiger partial charge in [0.15, 0.2) is 0 Å². The Morgan fingerprint density at radius 3 is 2.86 bits per heavy atom. The molecule has 68 valence electrons. The summed E-state index contributed by atoms with van der Waals surface area (Å²) in [7, 11) is 0. The quantitative estimate of drug-likeness (QED) is 0.671. The van der Waals surface area contributed by atoms with Gasteiger partial charge in [-0.15, -0.1) is 0 Å². The van der Waals surface area contributed by atoms with E-state index in [0.29, 0.717) is 21.5 Å². The minimum Gasteiger partial charge on any atom is -0.508 e. The van der Waals surface area contributed by atoms with Crippen LogP contribution in [-0.2, 0) is 0 Å². The van der Waals surface area contributed by atoms with E-state index in [9.17, 15) is 5.11 Å². The Morgan fingerprint density at radius 1 is 1.36 bits per heavy atom. The predicted octanol–water partition coefficient (Wildman–Crippen LogP) is 2.47. The fraction of sp³-hybridized carbons (Fsp3) is 0. The number of halogens is 1. The van der Waals surface area contributed by atoms with Crippen LogP contribution in [0.1, 0.15) is 5.56 Å². The third kappa shape index (κ3) is 1.26. The van der Waals surface area contributed by atoms with E-state index < -0.39 is 0 Å². The van der Waals surface area contributed by atoms with Crippen LogP contribution in [0.4, 0.5) is 0 Å². The number of phenols is 1. The maximum absolute atomic E-state index is 9.27. The molecule has 0 saturated carbocycles. The molecule has 0 aliphatic heterocycles. The number of benzene rings is 1. The zero-order valence-corrected chi connectivity index (χ0v) is 7.78. The molecule has 1 aromatic heterocycles. The maximum Gasteiger partial charge on any atom is 0.136 e. The zero-order valence-electron chi connectivity index (χ0n) is 7.03. The van der Waals surface area contributed by atoms with Crippen LogP contribution in [-0.4, -0.2) is 10.1 Å². The van der Waals surface area contributed by atoms with Gasteiger partial charge in [0, 0.05) is 17.0 Å². The van der Waals surface area contributed by atoms with E-state index >= 15 is 0 Å². The van der Waals surface area contributed by atoms with Crippen LogP contribution in [0.5, 0.6) is 5.75 Å². The van der Waals surface area contributed by atoms with E-state index in [0.717, 1.165) is 0 Å². The number of fused-ring (bicyclic) bond motifs is 1. The van der Waals surface area contributed by atoms with E-state index in [2.05, 4.69) is 4.98 Å². The van der Waals surface area contributed by atoms with Crippen molar-refractivity contribution >= 4 is 22.4 Å². The third-order valence-corrected chi connectivity index (χ3v) is 2.24. The molecule has 0 saturated heterocycles. The van der Waals surface area contributed by atoms with Gasteiger partial charge in [-0.25, -0.2) is 4.98 Å². The molecule has 14 heavy (non-hydrogen) atoms. The number of rotatable bonds is 0. The van der Waals surface area contributed by atoms with Crippen molar-refractivity contribution in [1.29, 1.82) is 5.26 Å². The highest BCUT2D eigenvalue weighted by Gasteiger charge is 2.05. The van der Waals surface area contributed by atoms with E-state index in [4.69, 9.17) is 16.9 Å². The fourth-order valence-corrected chi connectivity index (χ4v) is 1.50. The van der Waals surface area contributed by atoms with Crippen LogP contribution < -0.4 is 0 Å². The fourth-order valence-electron chi connectivity index (χ4n) is 1.28. The normalized spacial score (nSPS) is 10.0. The summed E-state index contributed by atoms with van der Waals surface area (Å²) < 4.78 is 0. The number of nitriles is 1. The largest absolute Gasteiger partial charge is 0.508 e. The van der Waals surface area contributed by atoms with Crippen molar-refractivity contribution in [1.82, 2.24) is 4.98 Å². The smallest absolute Gasteiger partial charge is 0.136 e. The highest BCUT2D eigenvalue weighted by Crippen LogP contribution is 2.27. The molecule has 0 spiro atoms. The molecule has 0 unspecified atom stereocenters. The molecule has 0 bridgehead atoms. The van der Waals surface area contributed by atoms with E-state index in [1.807, 2.05) is 6.07 Å². The zero-order chi connectivity index (χ0) is 10.1. The second-order valence-electron chi connectivity index (χ2n) is 2.80. The molecule has 2 rings (SSSR count). The molecule has 0 amide bonds. The molecule has 1 N–H and O–H groups in total. The molecule has 1 heterocycles. The first-order valence-electron chi connectivity index (χ1n) is 3.89. The van der Waals surface area contributed by atoms with Gasteiger partial charge >= 0.3 is 0 Å². The number of pyridine rings is 1. The lowest BCUT2D eigenvalue weighted by Crippen LogP contribution is -1.84. The van der Waals surface area contributed by atoms with Gasteiger partial charge in [-0.05, 0) is 18.2 Å². The molecular formula is C10H5ClN2O. The third-order valence-electron chi connectivity index (χ3n) is 1.94. The number of hydrogen-bond donors (Lipinski definition) is 1. The summed E-state index contributed by atoms with van der Waals surface area (Å²) in [4.78, 5) is 3.87. The van der Waals surface area contributed by atoms with E-state index in [-0.39, 0.29) is 5.75 Å². The van der Waals surface area contributed by atoms with Gasteiger partial charge in [-0.2, -0.15) is 5.26 Å². The SMILES string of the molecule is N#Cc1cnc(Cl)c2ccc(O)cc12. The summed E-state index contributed by atoms with van der Waals surface area (Å²) in [6, 6.07) is 6.64. The molecule has 0 aliphatic carbocycles. The van der Waals surface area contributed by atoms with Crippen LogP contribution in [0.3, 0.4) is 0 Å². The Balaban J connectivity index is 2.94. The van der Waals surface area contributed by atoms with Crippen molar-refractivity contribution in [2.24, 2.45) is 0 Å². The van der Waals surface area contributed by atoms with Crippen molar-refractivity contribution in [3.05, 3.63) is 35.1 Å². The average molecular weight is 205 g/mol. The van der Waals surface area contributed by atoms with Gasteiger partial charge in [-0.3, -0.25) is 0 Å². The highest BCUT2D eigenvalue weighted by molar-refractivity contribution is 6.34. The summed E-state index contributed by atoms with van der Waals surface area (Å²) in [5.41, 5.74) is 0.403. The Morgan fingerprint density at radius 2 is 2.14 bits per heavy atom. The number of nitrogens with zero attached hydrogens (tertiary/aromatic N) is 2. The van der Waals surface area contributed by atoms with Crippen LogP contribution in [0.25, 0.3) is 10.8 Å². The molecule has 0 radical (unpaired) electrons. The molecule has 1 aromatic carbocycles. The van der Waals surface area contributed by atoms with Crippen LogP contribution in [0, 0.1) is 11.3 Å². The number of phenolic OH excluding ortho intramolecular Hbond substituents is 1. The lowest BCUT2D eigenvalue weighted by atomic mass is 10.1. The van der Waals surface area contributed by atoms with Crippen molar-refractivity contribution in [3.63, 3.8) is 0 Å². The predicted molar refractivity (Wildman–Crippen MR) is 53.1 cm³/mol. The van der Waals surface area contributed by atoms with Crippen LogP contribution in [0.2, 0.25) is 5.15 Å². The monoisotopic (exact) mass is 204 g/mol. The van der Waals surface area contributed by atoms with Gasteiger partial charge in [0.2, 0.25) is 0 Å². The van der Waals surface area contributed by atoms with Crippen molar-refractivity contribution < 1.29 is 5.11 Å². The Kier molecular flexibility index (Phi) is 1.99. The van der Waals surface area contributed by atoms with Crippen LogP contribution >= 0.6 is 11.6 Å². The molecular weight excluding hydrogens is 200 g/mol. The Labute approximate surface area is 85.2 Å². The summed E-state index contributed by atoms with van der Waals surface area (Å²) in [5.74, 6) is 0.108. The average Bonchev–Trinajstić information content (AvgIpc) is 2.18. The van der Waals surface area contributed by atoms with Crippen LogP contribution in [0.15, 0.2) is 24.4 Å². The Bertz CT molecular complexity index is 546. The second kappa shape index (κ2) is 3.17. The molecule has 0 atom stereocenters. The van der Waals surface area contributed by atoms with Gasteiger partial charge in [-0.1, -0.05) is 11.6 Å². The number of aromatic hydroxyl groups is 1. The standard InChI is InChI=1S/C10H5ClN2O/c11-10-8-2-1-7(14)3-9(8)6(4-12)5-13-10/h1-3,5,14H. The van der Waals surface area contributed by atoms with Gasteiger partial charge < -0.3 is 5.11 Å². The molecule has 2 aromatic rings. The first-order chi connectivity index (χ1) is 6.72. The molecule has 0 fully saturated rings. The van der Waals surface area contributed by atoms with E-state index in [1.165, 1.54) is 18.3 Å². The lowest BCUT2D eigenvalue weighted by molar-refractivity contribution is 0.476. The number of aromatic nitrogens is 1. The molecule has 4 heteroatoms.